The highest BCUT2D eigenvalue weighted by Crippen LogP contribution is 2.57. The van der Waals surface area contributed by atoms with E-state index in [9.17, 15) is 32.4 Å². The van der Waals surface area contributed by atoms with E-state index < -0.39 is 114 Å². The lowest BCUT2D eigenvalue weighted by Crippen LogP contribution is -2.66. The highest BCUT2D eigenvalue weighted by molar-refractivity contribution is 7.89. The zero-order chi connectivity index (χ0) is 41.2. The van der Waals surface area contributed by atoms with Crippen LogP contribution in [0.4, 0.5) is 0 Å². The molecular formula is C39H53NO16S. The number of rotatable bonds is 14. The number of aryl methyl sites for hydroxylation is 1. The number of nitrogens with one attached hydrogen (secondary N) is 1. The molecule has 1 aromatic rings. The van der Waals surface area contributed by atoms with Crippen molar-refractivity contribution in [3.05, 3.63) is 29.8 Å². The SMILES string of the molecule is CC(=O)OC[C@H]1O[C@H](O[C@H]2[C@@H](NS(=O)(=O)c3ccc(C)cc3)C[C@@H](OC34CC5CC(CC(C5)C3)C4)O[C@@H]2COC(C)=O)[C@H](OC(C)=O)[C@@H](OC(C)=O)[C@@H]1OC(C)=O. The van der Waals surface area contributed by atoms with Crippen LogP contribution in [0.25, 0.3) is 0 Å². The van der Waals surface area contributed by atoms with Gasteiger partial charge in [0, 0.05) is 41.0 Å². The summed E-state index contributed by atoms with van der Waals surface area (Å²) < 4.78 is 84.5. The molecule has 6 fully saturated rings. The average molecular weight is 824 g/mol. The second kappa shape index (κ2) is 17.7. The van der Waals surface area contributed by atoms with Crippen molar-refractivity contribution >= 4 is 39.9 Å². The van der Waals surface area contributed by atoms with Crippen LogP contribution in [0.5, 0.6) is 0 Å². The molecule has 2 aliphatic heterocycles. The van der Waals surface area contributed by atoms with Gasteiger partial charge in [0.25, 0.3) is 0 Å². The second-order valence-electron chi connectivity index (χ2n) is 16.1. The zero-order valence-corrected chi connectivity index (χ0v) is 33.9. The maximum absolute atomic E-state index is 14.1. The first kappa shape index (κ1) is 42.9. The number of benzene rings is 1. The zero-order valence-electron chi connectivity index (χ0n) is 33.0. The van der Waals surface area contributed by atoms with Gasteiger partial charge in [0.2, 0.25) is 10.0 Å². The van der Waals surface area contributed by atoms with Crippen molar-refractivity contribution in [2.24, 2.45) is 17.8 Å². The molecule has 316 valence electrons. The van der Waals surface area contributed by atoms with Gasteiger partial charge in [0.05, 0.1) is 16.5 Å². The number of hydrogen-bond acceptors (Lipinski definition) is 16. The van der Waals surface area contributed by atoms with Gasteiger partial charge >= 0.3 is 29.8 Å². The van der Waals surface area contributed by atoms with Gasteiger partial charge in [0.15, 0.2) is 30.9 Å². The topological polar surface area (TPSA) is 215 Å². The van der Waals surface area contributed by atoms with Crippen molar-refractivity contribution in [3.8, 4) is 0 Å². The molecule has 4 saturated carbocycles. The molecule has 0 radical (unpaired) electrons. The molecule has 7 rings (SSSR count). The molecule has 6 aliphatic rings. The van der Waals surface area contributed by atoms with Gasteiger partial charge < -0.3 is 42.6 Å². The number of hydrogen-bond donors (Lipinski definition) is 1. The third-order valence-electron chi connectivity index (χ3n) is 11.2. The van der Waals surface area contributed by atoms with Crippen LogP contribution >= 0.6 is 0 Å². The van der Waals surface area contributed by atoms with Gasteiger partial charge in [-0.25, -0.2) is 13.1 Å². The van der Waals surface area contributed by atoms with Crippen molar-refractivity contribution in [1.29, 1.82) is 0 Å². The molecule has 1 aromatic carbocycles. The summed E-state index contributed by atoms with van der Waals surface area (Å²) in [7, 11) is -4.25. The summed E-state index contributed by atoms with van der Waals surface area (Å²) in [5.41, 5.74) is 0.384. The van der Waals surface area contributed by atoms with Crippen LogP contribution in [-0.4, -0.2) is 112 Å². The lowest BCUT2D eigenvalue weighted by Gasteiger charge is -2.57. The monoisotopic (exact) mass is 823 g/mol. The fraction of sp³-hybridized carbons (Fsp3) is 0.718. The van der Waals surface area contributed by atoms with Crippen molar-refractivity contribution in [2.75, 3.05) is 13.2 Å². The third-order valence-corrected chi connectivity index (χ3v) is 12.7. The molecule has 0 spiro atoms. The van der Waals surface area contributed by atoms with Crippen LogP contribution in [0.1, 0.15) is 85.1 Å². The number of esters is 5. The van der Waals surface area contributed by atoms with Crippen LogP contribution in [0.3, 0.4) is 0 Å². The van der Waals surface area contributed by atoms with E-state index in [1.807, 2.05) is 6.92 Å². The predicted octanol–water partition coefficient (Wildman–Crippen LogP) is 2.77. The van der Waals surface area contributed by atoms with Crippen molar-refractivity contribution in [2.45, 2.75) is 152 Å². The summed E-state index contributed by atoms with van der Waals surface area (Å²) in [6.45, 7) is 6.54. The van der Waals surface area contributed by atoms with Crippen LogP contribution < -0.4 is 4.72 Å². The van der Waals surface area contributed by atoms with Crippen molar-refractivity contribution < 1.29 is 75.0 Å². The summed E-state index contributed by atoms with van der Waals surface area (Å²) in [4.78, 5) is 61.5. The number of carbonyl (C=O) groups excluding carboxylic acids is 5. The highest BCUT2D eigenvalue weighted by atomic mass is 32.2. The Balaban J connectivity index is 1.38. The largest absolute Gasteiger partial charge is 0.463 e. The Hall–Kier alpha value is -3.68. The van der Waals surface area contributed by atoms with Gasteiger partial charge in [-0.15, -0.1) is 0 Å². The lowest BCUT2D eigenvalue weighted by atomic mass is 9.54. The fourth-order valence-electron chi connectivity index (χ4n) is 9.53. The van der Waals surface area contributed by atoms with Crippen LogP contribution in [0.2, 0.25) is 0 Å². The van der Waals surface area contributed by atoms with Crippen LogP contribution in [-0.2, 0) is 76.6 Å². The highest BCUT2D eigenvalue weighted by Gasteiger charge is 2.57. The molecular weight excluding hydrogens is 770 g/mol. The van der Waals surface area contributed by atoms with E-state index in [0.29, 0.717) is 17.8 Å². The minimum atomic E-state index is -4.25. The molecule has 1 N–H and O–H groups in total. The predicted molar refractivity (Wildman–Crippen MR) is 194 cm³/mol. The number of carbonyl (C=O) groups is 5. The first-order valence-corrected chi connectivity index (χ1v) is 20.9. The Labute approximate surface area is 332 Å². The molecule has 0 amide bonds. The van der Waals surface area contributed by atoms with Gasteiger partial charge in [-0.2, -0.15) is 0 Å². The molecule has 9 atom stereocenters. The van der Waals surface area contributed by atoms with E-state index in [0.717, 1.165) is 71.8 Å². The molecule has 17 nitrogen and oxygen atoms in total. The quantitative estimate of drug-likeness (QED) is 0.211. The Kier molecular flexibility index (Phi) is 13.3. The Bertz CT molecular complexity index is 1730. The summed E-state index contributed by atoms with van der Waals surface area (Å²) in [5.74, 6) is -2.27. The first-order chi connectivity index (χ1) is 26.9. The van der Waals surface area contributed by atoms with E-state index in [-0.39, 0.29) is 11.3 Å². The summed E-state index contributed by atoms with van der Waals surface area (Å²) in [6.07, 6.45) is -5.15. The fourth-order valence-corrected chi connectivity index (χ4v) is 10.8. The first-order valence-electron chi connectivity index (χ1n) is 19.4. The number of sulfonamides is 1. The van der Waals surface area contributed by atoms with Gasteiger partial charge in [0.1, 0.15) is 31.5 Å². The van der Waals surface area contributed by atoms with Gasteiger partial charge in [-0.05, 0) is 75.3 Å². The second-order valence-corrected chi connectivity index (χ2v) is 17.8. The maximum atomic E-state index is 14.1. The number of ether oxygens (including phenoxy) is 9. The Morgan fingerprint density at radius 2 is 1.16 bits per heavy atom. The minimum Gasteiger partial charge on any atom is -0.463 e. The van der Waals surface area contributed by atoms with Gasteiger partial charge in [-0.3, -0.25) is 24.0 Å². The average Bonchev–Trinajstić information content (AvgIpc) is 3.08. The molecule has 4 aliphatic carbocycles. The molecule has 0 unspecified atom stereocenters. The summed E-state index contributed by atoms with van der Waals surface area (Å²) >= 11 is 0. The van der Waals surface area contributed by atoms with Crippen molar-refractivity contribution in [3.63, 3.8) is 0 Å². The molecule has 4 bridgehead atoms. The molecule has 18 heteroatoms. The van der Waals surface area contributed by atoms with E-state index in [1.165, 1.54) is 19.1 Å². The molecule has 0 aromatic heterocycles. The normalized spacial score (nSPS) is 35.8. The molecule has 2 saturated heterocycles. The maximum Gasteiger partial charge on any atom is 0.303 e. The summed E-state index contributed by atoms with van der Waals surface area (Å²) in [6, 6.07) is 5.10. The molecule has 2 heterocycles. The summed E-state index contributed by atoms with van der Waals surface area (Å²) in [5, 5.41) is 0. The smallest absolute Gasteiger partial charge is 0.303 e. The van der Waals surface area contributed by atoms with Crippen LogP contribution in [0.15, 0.2) is 29.2 Å². The standard InChI is InChI=1S/C39H53NO16S/c1-20-7-9-29(10-8-20)57(46,47)40-30-14-33(56-39-15-26-11-27(16-39)13-28(12-26)17-39)53-31(18-48-21(2)41)34(30)55-38-37(52-25(6)45)36(51-24(5)44)35(50-23(4)43)32(54-38)19-49-22(3)42/h7-10,26-28,30-38,40H,11-19H2,1-6H3/t26?,27?,28?,30-,31+,32+,33+,34-,35+,36-,37+,38+,39?/m0/s1. The third kappa shape index (κ3) is 10.7. The lowest BCUT2D eigenvalue weighted by molar-refractivity contribution is -0.347. The van der Waals surface area contributed by atoms with E-state index in [4.69, 9.17) is 42.6 Å². The van der Waals surface area contributed by atoms with Crippen molar-refractivity contribution in [1.82, 2.24) is 4.72 Å². The van der Waals surface area contributed by atoms with E-state index in [2.05, 4.69) is 4.72 Å². The van der Waals surface area contributed by atoms with Gasteiger partial charge in [-0.1, -0.05) is 17.7 Å². The van der Waals surface area contributed by atoms with Crippen LogP contribution in [0, 0.1) is 24.7 Å². The Morgan fingerprint density at radius 3 is 1.67 bits per heavy atom. The van der Waals surface area contributed by atoms with E-state index >= 15 is 0 Å². The van der Waals surface area contributed by atoms with E-state index in [1.54, 1.807) is 12.1 Å². The molecule has 57 heavy (non-hydrogen) atoms. The Morgan fingerprint density at radius 1 is 0.667 bits per heavy atom. The minimum absolute atomic E-state index is 0.0271.